The number of amides is 1. The van der Waals surface area contributed by atoms with Gasteiger partial charge < -0.3 is 20.6 Å². The average molecular weight is 377 g/mol. The van der Waals surface area contributed by atoms with Gasteiger partial charge in [-0.3, -0.25) is 4.79 Å². The Bertz CT molecular complexity index is 785. The molecule has 1 aromatic heterocycles. The molecule has 1 fully saturated rings. The molecule has 0 saturated carbocycles. The van der Waals surface area contributed by atoms with Crippen LogP contribution in [0.1, 0.15) is 23.2 Å². The molecule has 2 aromatic rings. The molecule has 0 aliphatic carbocycles. The Balaban J connectivity index is 1.52. The molecule has 1 saturated heterocycles. The minimum atomic E-state index is -0.898. The van der Waals surface area contributed by atoms with Crippen LogP contribution in [-0.2, 0) is 0 Å². The predicted molar refractivity (Wildman–Crippen MR) is 96.7 cm³/mol. The summed E-state index contributed by atoms with van der Waals surface area (Å²) in [6.45, 7) is 1.38. The molecule has 1 aliphatic heterocycles. The minimum Gasteiger partial charge on any atom is -0.394 e. The molecule has 1 unspecified atom stereocenters. The fourth-order valence-corrected chi connectivity index (χ4v) is 3.10. The van der Waals surface area contributed by atoms with Crippen LogP contribution in [0, 0.1) is 11.6 Å². The third kappa shape index (κ3) is 4.48. The van der Waals surface area contributed by atoms with E-state index in [1.54, 1.807) is 6.07 Å². The third-order valence-corrected chi connectivity index (χ3v) is 4.44. The summed E-state index contributed by atoms with van der Waals surface area (Å²) in [4.78, 5) is 22.3. The third-order valence-electron chi connectivity index (χ3n) is 4.44. The van der Waals surface area contributed by atoms with Gasteiger partial charge in [0.1, 0.15) is 35.2 Å². The second-order valence-corrected chi connectivity index (χ2v) is 6.21. The van der Waals surface area contributed by atoms with Crippen LogP contribution in [0.2, 0.25) is 0 Å². The molecule has 27 heavy (non-hydrogen) atoms. The van der Waals surface area contributed by atoms with Crippen LogP contribution in [0.25, 0.3) is 0 Å². The van der Waals surface area contributed by atoms with Gasteiger partial charge in [0.15, 0.2) is 0 Å². The van der Waals surface area contributed by atoms with Crippen LogP contribution in [0.3, 0.4) is 0 Å². The SMILES string of the molecule is O=C(NCCNc1cc(N2CCCC2CO)ncn1)c1c(F)cccc1F. The van der Waals surface area contributed by atoms with Crippen molar-refractivity contribution in [1.82, 2.24) is 15.3 Å². The molecular weight excluding hydrogens is 356 g/mol. The highest BCUT2D eigenvalue weighted by atomic mass is 19.1. The molecule has 9 heteroatoms. The molecule has 0 radical (unpaired) electrons. The summed E-state index contributed by atoms with van der Waals surface area (Å²) in [5.41, 5.74) is -0.592. The molecular formula is C18H21F2N5O2. The van der Waals surface area contributed by atoms with Gasteiger partial charge in [-0.05, 0) is 25.0 Å². The van der Waals surface area contributed by atoms with Gasteiger partial charge in [-0.25, -0.2) is 18.7 Å². The van der Waals surface area contributed by atoms with Crippen molar-refractivity contribution < 1.29 is 18.7 Å². The number of rotatable bonds is 7. The largest absolute Gasteiger partial charge is 0.394 e. The van der Waals surface area contributed by atoms with Crippen molar-refractivity contribution in [1.29, 1.82) is 0 Å². The number of nitrogens with zero attached hydrogens (tertiary/aromatic N) is 3. The normalized spacial score (nSPS) is 16.4. The molecule has 144 valence electrons. The highest BCUT2D eigenvalue weighted by molar-refractivity contribution is 5.94. The summed E-state index contributed by atoms with van der Waals surface area (Å²) >= 11 is 0. The Hall–Kier alpha value is -2.81. The topological polar surface area (TPSA) is 90.4 Å². The quantitative estimate of drug-likeness (QED) is 0.635. The monoisotopic (exact) mass is 377 g/mol. The van der Waals surface area contributed by atoms with Gasteiger partial charge in [0.05, 0.1) is 12.6 Å². The van der Waals surface area contributed by atoms with Crippen LogP contribution in [0.15, 0.2) is 30.6 Å². The molecule has 1 amide bonds. The maximum atomic E-state index is 13.6. The summed E-state index contributed by atoms with van der Waals surface area (Å²) < 4.78 is 27.1. The van der Waals surface area contributed by atoms with Crippen LogP contribution in [-0.4, -0.2) is 53.3 Å². The van der Waals surface area contributed by atoms with Gasteiger partial charge in [-0.1, -0.05) is 6.07 Å². The van der Waals surface area contributed by atoms with Crippen molar-refractivity contribution in [2.45, 2.75) is 18.9 Å². The van der Waals surface area contributed by atoms with Gasteiger partial charge in [0, 0.05) is 25.7 Å². The van der Waals surface area contributed by atoms with E-state index in [9.17, 15) is 18.7 Å². The smallest absolute Gasteiger partial charge is 0.257 e. The molecule has 3 rings (SSSR count). The standard InChI is InChI=1S/C18H21F2N5O2/c19-13-4-1-5-14(20)17(13)18(27)22-7-6-21-15-9-16(24-11-23-15)25-8-2-3-12(25)10-26/h1,4-5,9,11-12,26H,2-3,6-8,10H2,(H,22,27)(H,21,23,24). The first-order chi connectivity index (χ1) is 13.1. The number of halogens is 2. The van der Waals surface area contributed by atoms with E-state index >= 15 is 0 Å². The zero-order valence-corrected chi connectivity index (χ0v) is 14.7. The van der Waals surface area contributed by atoms with E-state index in [1.165, 1.54) is 12.4 Å². The fraction of sp³-hybridized carbons (Fsp3) is 0.389. The Labute approximate surface area is 155 Å². The molecule has 1 atom stereocenters. The van der Waals surface area contributed by atoms with E-state index in [2.05, 4.69) is 20.6 Å². The van der Waals surface area contributed by atoms with Crippen molar-refractivity contribution in [3.05, 3.63) is 47.8 Å². The lowest BCUT2D eigenvalue weighted by Gasteiger charge is -2.24. The number of anilines is 2. The van der Waals surface area contributed by atoms with Crippen molar-refractivity contribution in [3.63, 3.8) is 0 Å². The van der Waals surface area contributed by atoms with E-state index in [-0.39, 0.29) is 19.2 Å². The van der Waals surface area contributed by atoms with E-state index in [0.717, 1.165) is 37.3 Å². The fourth-order valence-electron chi connectivity index (χ4n) is 3.10. The Morgan fingerprint density at radius 2 is 2.04 bits per heavy atom. The lowest BCUT2D eigenvalue weighted by atomic mass is 10.2. The predicted octanol–water partition coefficient (Wildman–Crippen LogP) is 1.56. The summed E-state index contributed by atoms with van der Waals surface area (Å²) in [6, 6.07) is 5.11. The van der Waals surface area contributed by atoms with Crippen molar-refractivity contribution in [2.75, 3.05) is 36.5 Å². The maximum absolute atomic E-state index is 13.6. The van der Waals surface area contributed by atoms with Crippen LogP contribution in [0.4, 0.5) is 20.4 Å². The number of aromatic nitrogens is 2. The molecule has 2 heterocycles. The lowest BCUT2D eigenvalue weighted by Crippen LogP contribution is -2.33. The van der Waals surface area contributed by atoms with Gasteiger partial charge in [-0.15, -0.1) is 0 Å². The summed E-state index contributed by atoms with van der Waals surface area (Å²) in [6.07, 6.45) is 3.34. The molecule has 0 spiro atoms. The molecule has 1 aliphatic rings. The zero-order chi connectivity index (χ0) is 19.2. The first-order valence-corrected chi connectivity index (χ1v) is 8.75. The van der Waals surface area contributed by atoms with Gasteiger partial charge in [0.25, 0.3) is 5.91 Å². The number of aliphatic hydroxyl groups is 1. The van der Waals surface area contributed by atoms with Gasteiger partial charge >= 0.3 is 0 Å². The summed E-state index contributed by atoms with van der Waals surface area (Å²) in [5.74, 6) is -1.31. The number of hydrogen-bond acceptors (Lipinski definition) is 6. The zero-order valence-electron chi connectivity index (χ0n) is 14.7. The van der Waals surface area contributed by atoms with Gasteiger partial charge in [-0.2, -0.15) is 0 Å². The lowest BCUT2D eigenvalue weighted by molar-refractivity contribution is 0.0946. The van der Waals surface area contributed by atoms with Crippen LogP contribution < -0.4 is 15.5 Å². The Kier molecular flexibility index (Phi) is 6.12. The van der Waals surface area contributed by atoms with Crippen molar-refractivity contribution >= 4 is 17.5 Å². The maximum Gasteiger partial charge on any atom is 0.257 e. The highest BCUT2D eigenvalue weighted by Crippen LogP contribution is 2.24. The molecule has 7 nitrogen and oxygen atoms in total. The van der Waals surface area contributed by atoms with Crippen LogP contribution >= 0.6 is 0 Å². The first kappa shape index (κ1) is 19.0. The van der Waals surface area contributed by atoms with E-state index in [1.807, 2.05) is 4.90 Å². The van der Waals surface area contributed by atoms with Crippen molar-refractivity contribution in [3.8, 4) is 0 Å². The van der Waals surface area contributed by atoms with E-state index in [4.69, 9.17) is 0 Å². The Morgan fingerprint density at radius 1 is 1.26 bits per heavy atom. The van der Waals surface area contributed by atoms with Crippen molar-refractivity contribution in [2.24, 2.45) is 0 Å². The van der Waals surface area contributed by atoms with E-state index in [0.29, 0.717) is 12.4 Å². The van der Waals surface area contributed by atoms with Crippen LogP contribution in [0.5, 0.6) is 0 Å². The second-order valence-electron chi connectivity index (χ2n) is 6.21. The number of carbonyl (C=O) groups excluding carboxylic acids is 1. The first-order valence-electron chi connectivity index (χ1n) is 8.75. The summed E-state index contributed by atoms with van der Waals surface area (Å²) in [5, 5.41) is 14.9. The Morgan fingerprint density at radius 3 is 2.78 bits per heavy atom. The molecule has 1 aromatic carbocycles. The number of carbonyl (C=O) groups is 1. The number of aliphatic hydroxyl groups excluding tert-OH is 1. The average Bonchev–Trinajstić information content (AvgIpc) is 3.14. The number of hydrogen-bond donors (Lipinski definition) is 3. The minimum absolute atomic E-state index is 0.0581. The molecule has 0 bridgehead atoms. The van der Waals surface area contributed by atoms with E-state index < -0.39 is 23.1 Å². The number of benzene rings is 1. The second kappa shape index (κ2) is 8.72. The number of nitrogens with one attached hydrogen (secondary N) is 2. The highest BCUT2D eigenvalue weighted by Gasteiger charge is 2.25. The van der Waals surface area contributed by atoms with Gasteiger partial charge in [0.2, 0.25) is 0 Å². The summed E-state index contributed by atoms with van der Waals surface area (Å²) in [7, 11) is 0. The molecule has 3 N–H and O–H groups in total.